The van der Waals surface area contributed by atoms with Gasteiger partial charge in [0.1, 0.15) is 6.20 Å². The minimum atomic E-state index is -0.405. The molecule has 0 saturated carbocycles. The predicted octanol–water partition coefficient (Wildman–Crippen LogP) is 3.55. The minimum absolute atomic E-state index is 0.00895. The van der Waals surface area contributed by atoms with Crippen LogP contribution in [0.2, 0.25) is 0 Å². The molecular weight excluding hydrogens is 300 g/mol. The lowest BCUT2D eigenvalue weighted by Crippen LogP contribution is -2.00. The molecule has 3 aromatic rings. The summed E-state index contributed by atoms with van der Waals surface area (Å²) in [5, 5.41) is 17.8. The molecule has 0 saturated heterocycles. The zero-order chi connectivity index (χ0) is 15.4. The lowest BCUT2D eigenvalue weighted by molar-refractivity contribution is -0.384. The van der Waals surface area contributed by atoms with Crippen LogP contribution in [-0.4, -0.2) is 19.7 Å². The summed E-state index contributed by atoms with van der Waals surface area (Å²) >= 11 is 1.35. The maximum absolute atomic E-state index is 11.2. The second-order valence-electron chi connectivity index (χ2n) is 4.81. The van der Waals surface area contributed by atoms with E-state index in [0.29, 0.717) is 17.2 Å². The molecule has 22 heavy (non-hydrogen) atoms. The van der Waals surface area contributed by atoms with Crippen molar-refractivity contribution in [3.63, 3.8) is 0 Å². The third-order valence-corrected chi connectivity index (χ3v) is 4.05. The van der Waals surface area contributed by atoms with E-state index < -0.39 is 4.92 Å². The topological polar surface area (TPSA) is 73.8 Å². The van der Waals surface area contributed by atoms with Gasteiger partial charge in [0.15, 0.2) is 10.7 Å². The zero-order valence-electron chi connectivity index (χ0n) is 11.8. The van der Waals surface area contributed by atoms with E-state index >= 15 is 0 Å². The van der Waals surface area contributed by atoms with Gasteiger partial charge < -0.3 is 0 Å². The molecule has 0 aliphatic heterocycles. The predicted molar refractivity (Wildman–Crippen MR) is 84.8 cm³/mol. The maximum Gasteiger partial charge on any atom is 0.317 e. The van der Waals surface area contributed by atoms with Gasteiger partial charge in [-0.2, -0.15) is 5.10 Å². The molecule has 1 aromatic carbocycles. The van der Waals surface area contributed by atoms with Crippen molar-refractivity contribution < 1.29 is 4.92 Å². The van der Waals surface area contributed by atoms with Gasteiger partial charge in [-0.3, -0.25) is 14.8 Å². The summed E-state index contributed by atoms with van der Waals surface area (Å²) < 4.78 is 1.64. The molecular formula is C15H14N4O2S. The molecule has 112 valence electrons. The van der Waals surface area contributed by atoms with Crippen molar-refractivity contribution in [1.29, 1.82) is 0 Å². The molecule has 2 aromatic heterocycles. The van der Waals surface area contributed by atoms with Crippen LogP contribution < -0.4 is 0 Å². The van der Waals surface area contributed by atoms with Gasteiger partial charge in [0, 0.05) is 18.1 Å². The number of hydrogen-bond donors (Lipinski definition) is 0. The summed E-state index contributed by atoms with van der Waals surface area (Å²) in [6.07, 6.45) is 4.90. The van der Waals surface area contributed by atoms with Crippen LogP contribution in [0.5, 0.6) is 0 Å². The summed E-state index contributed by atoms with van der Waals surface area (Å²) in [4.78, 5) is 14.9. The highest BCUT2D eigenvalue weighted by Gasteiger charge is 2.22. The Balaban J connectivity index is 1.72. The van der Waals surface area contributed by atoms with Crippen LogP contribution in [0.25, 0.3) is 10.7 Å². The highest BCUT2D eigenvalue weighted by molar-refractivity contribution is 7.13. The van der Waals surface area contributed by atoms with Crippen molar-refractivity contribution in [2.45, 2.75) is 19.4 Å². The molecule has 0 bridgehead atoms. The smallest absolute Gasteiger partial charge is 0.265 e. The average Bonchev–Trinajstić information content (AvgIpc) is 3.17. The quantitative estimate of drug-likeness (QED) is 0.515. The molecule has 0 N–H and O–H groups in total. The molecule has 0 radical (unpaired) electrons. The second kappa shape index (κ2) is 6.48. The van der Waals surface area contributed by atoms with E-state index in [-0.39, 0.29) is 5.69 Å². The van der Waals surface area contributed by atoms with Crippen LogP contribution in [0.1, 0.15) is 12.0 Å². The first kappa shape index (κ1) is 14.4. The normalized spacial score (nSPS) is 10.7. The Morgan fingerprint density at radius 2 is 2.09 bits per heavy atom. The fourth-order valence-electron chi connectivity index (χ4n) is 2.24. The van der Waals surface area contributed by atoms with E-state index in [1.807, 2.05) is 18.2 Å². The van der Waals surface area contributed by atoms with E-state index in [4.69, 9.17) is 0 Å². The summed E-state index contributed by atoms with van der Waals surface area (Å²) in [7, 11) is 0. The maximum atomic E-state index is 11.2. The molecule has 0 atom stereocenters. The van der Waals surface area contributed by atoms with E-state index in [1.165, 1.54) is 23.1 Å². The fraction of sp³-hybridized carbons (Fsp3) is 0.200. The Labute approximate surface area is 131 Å². The molecule has 0 aliphatic rings. The van der Waals surface area contributed by atoms with E-state index in [1.54, 1.807) is 16.3 Å². The first-order chi connectivity index (χ1) is 10.7. The number of nitro groups is 1. The van der Waals surface area contributed by atoms with Crippen LogP contribution in [-0.2, 0) is 13.0 Å². The molecule has 0 amide bonds. The van der Waals surface area contributed by atoms with Crippen molar-refractivity contribution in [3.8, 4) is 10.7 Å². The SMILES string of the molecule is O=[N+]([O-])c1cn(CCCc2ccccc2)nc1-c1nccs1. The van der Waals surface area contributed by atoms with Gasteiger partial charge in [-0.25, -0.2) is 4.98 Å². The summed E-state index contributed by atoms with van der Waals surface area (Å²) in [6, 6.07) is 10.2. The van der Waals surface area contributed by atoms with Crippen molar-refractivity contribution >= 4 is 17.0 Å². The number of aryl methyl sites for hydroxylation is 2. The largest absolute Gasteiger partial charge is 0.317 e. The summed E-state index contributed by atoms with van der Waals surface area (Å²) in [5.41, 5.74) is 1.61. The summed E-state index contributed by atoms with van der Waals surface area (Å²) in [6.45, 7) is 0.640. The fourth-order valence-corrected chi connectivity index (χ4v) is 2.87. The number of thiazole rings is 1. The van der Waals surface area contributed by atoms with Crippen molar-refractivity contribution in [1.82, 2.24) is 14.8 Å². The first-order valence-corrected chi connectivity index (χ1v) is 7.77. The van der Waals surface area contributed by atoms with Crippen molar-refractivity contribution in [2.75, 3.05) is 0 Å². The van der Waals surface area contributed by atoms with Crippen LogP contribution in [0.4, 0.5) is 5.69 Å². The molecule has 0 spiro atoms. The Morgan fingerprint density at radius 1 is 1.27 bits per heavy atom. The van der Waals surface area contributed by atoms with Crippen LogP contribution >= 0.6 is 11.3 Å². The van der Waals surface area contributed by atoms with Crippen LogP contribution in [0.15, 0.2) is 48.1 Å². The van der Waals surface area contributed by atoms with E-state index in [2.05, 4.69) is 22.2 Å². The van der Waals surface area contributed by atoms with Crippen molar-refractivity contribution in [2.24, 2.45) is 0 Å². The monoisotopic (exact) mass is 314 g/mol. The van der Waals surface area contributed by atoms with Crippen LogP contribution in [0.3, 0.4) is 0 Å². The standard InChI is InChI=1S/C15H14N4O2S/c20-19(21)13-11-18(17-14(13)15-16-8-10-22-15)9-4-7-12-5-2-1-3-6-12/h1-3,5-6,8,10-11H,4,7,9H2. The Bertz CT molecular complexity index is 753. The Morgan fingerprint density at radius 3 is 2.77 bits per heavy atom. The molecule has 0 unspecified atom stereocenters. The lowest BCUT2D eigenvalue weighted by atomic mass is 10.1. The number of rotatable bonds is 6. The third kappa shape index (κ3) is 3.20. The number of nitrogens with zero attached hydrogens (tertiary/aromatic N) is 4. The lowest BCUT2D eigenvalue weighted by Gasteiger charge is -2.01. The van der Waals surface area contributed by atoms with Crippen molar-refractivity contribution in [3.05, 3.63) is 63.8 Å². The molecule has 0 aliphatic carbocycles. The molecule has 3 rings (SSSR count). The highest BCUT2D eigenvalue weighted by Crippen LogP contribution is 2.29. The van der Waals surface area contributed by atoms with E-state index in [9.17, 15) is 10.1 Å². The molecule has 7 heteroatoms. The molecule has 0 fully saturated rings. The molecule has 6 nitrogen and oxygen atoms in total. The Hall–Kier alpha value is -2.54. The van der Waals surface area contributed by atoms with Gasteiger partial charge in [0.25, 0.3) is 0 Å². The van der Waals surface area contributed by atoms with Crippen LogP contribution in [0, 0.1) is 10.1 Å². The highest BCUT2D eigenvalue weighted by atomic mass is 32.1. The van der Waals surface area contributed by atoms with Gasteiger partial charge in [-0.1, -0.05) is 30.3 Å². The number of hydrogen-bond acceptors (Lipinski definition) is 5. The number of aromatic nitrogens is 3. The second-order valence-corrected chi connectivity index (χ2v) is 5.70. The van der Waals surface area contributed by atoms with Gasteiger partial charge >= 0.3 is 5.69 Å². The minimum Gasteiger partial charge on any atom is -0.265 e. The summed E-state index contributed by atoms with van der Waals surface area (Å²) in [5.74, 6) is 0. The first-order valence-electron chi connectivity index (χ1n) is 6.89. The van der Waals surface area contributed by atoms with Gasteiger partial charge in [-0.05, 0) is 18.4 Å². The van der Waals surface area contributed by atoms with Gasteiger partial charge in [0.05, 0.1) is 4.92 Å². The zero-order valence-corrected chi connectivity index (χ0v) is 12.6. The Kier molecular flexibility index (Phi) is 4.24. The third-order valence-electron chi connectivity index (χ3n) is 3.27. The average molecular weight is 314 g/mol. The van der Waals surface area contributed by atoms with Gasteiger partial charge in [0.2, 0.25) is 0 Å². The molecule has 2 heterocycles. The van der Waals surface area contributed by atoms with E-state index in [0.717, 1.165) is 12.8 Å². The number of benzene rings is 1. The van der Waals surface area contributed by atoms with Gasteiger partial charge in [-0.15, -0.1) is 11.3 Å².